The van der Waals surface area contributed by atoms with E-state index in [1.165, 1.54) is 12.1 Å². The zero-order valence-electron chi connectivity index (χ0n) is 21.5. The number of imidazole rings is 1. The summed E-state index contributed by atoms with van der Waals surface area (Å²) < 4.78 is 38.1. The molecule has 4 rings (SSSR count). The lowest BCUT2D eigenvalue weighted by molar-refractivity contribution is 0.0907. The molecular formula is C27H31N3O5SSi. The van der Waals surface area contributed by atoms with Crippen molar-refractivity contribution in [3.8, 4) is 23.0 Å². The summed E-state index contributed by atoms with van der Waals surface area (Å²) in [6, 6.07) is 16.2. The third kappa shape index (κ3) is 6.33. The molecule has 2 heterocycles. The third-order valence-corrected chi connectivity index (χ3v) is 9.34. The zero-order chi connectivity index (χ0) is 26.6. The molecule has 0 radical (unpaired) electrons. The molecule has 0 saturated heterocycles. The summed E-state index contributed by atoms with van der Waals surface area (Å²) in [5.41, 5.74) is 2.28. The Morgan fingerprint density at radius 3 is 2.41 bits per heavy atom. The first kappa shape index (κ1) is 26.7. The van der Waals surface area contributed by atoms with Crippen LogP contribution in [0, 0.1) is 0 Å². The molecule has 2 aromatic carbocycles. The molecule has 0 unspecified atom stereocenters. The van der Waals surface area contributed by atoms with Gasteiger partial charge in [0.1, 0.15) is 23.9 Å². The van der Waals surface area contributed by atoms with Gasteiger partial charge in [-0.25, -0.2) is 13.4 Å². The number of carbonyl (C=O) groups is 1. The smallest absolute Gasteiger partial charge is 0.178 e. The van der Waals surface area contributed by atoms with Gasteiger partial charge in [0, 0.05) is 32.5 Å². The number of sulfone groups is 1. The number of fused-ring (bicyclic) bond motifs is 1. The van der Waals surface area contributed by atoms with Gasteiger partial charge in [0.05, 0.1) is 21.7 Å². The van der Waals surface area contributed by atoms with Crippen LogP contribution in [-0.4, -0.2) is 49.7 Å². The van der Waals surface area contributed by atoms with E-state index in [2.05, 4.69) is 24.6 Å². The van der Waals surface area contributed by atoms with Crippen LogP contribution in [0.2, 0.25) is 25.7 Å². The first-order valence-electron chi connectivity index (χ1n) is 12.1. The van der Waals surface area contributed by atoms with Gasteiger partial charge >= 0.3 is 0 Å². The van der Waals surface area contributed by atoms with E-state index in [9.17, 15) is 13.2 Å². The summed E-state index contributed by atoms with van der Waals surface area (Å²) >= 11 is 0. The number of aromatic nitrogens is 3. The Morgan fingerprint density at radius 1 is 1.03 bits per heavy atom. The van der Waals surface area contributed by atoms with Crippen LogP contribution in [0.25, 0.3) is 22.6 Å². The number of benzene rings is 2. The molecule has 8 nitrogen and oxygen atoms in total. The van der Waals surface area contributed by atoms with E-state index in [1.54, 1.807) is 37.4 Å². The van der Waals surface area contributed by atoms with Gasteiger partial charge in [0.15, 0.2) is 21.9 Å². The minimum atomic E-state index is -3.30. The van der Waals surface area contributed by atoms with E-state index >= 15 is 0 Å². The van der Waals surface area contributed by atoms with Crippen LogP contribution in [-0.2, 0) is 21.3 Å². The van der Waals surface area contributed by atoms with Crippen LogP contribution in [0.3, 0.4) is 0 Å². The van der Waals surface area contributed by atoms with Crippen LogP contribution in [0.1, 0.15) is 17.3 Å². The van der Waals surface area contributed by atoms with Crippen molar-refractivity contribution in [3.05, 3.63) is 66.4 Å². The number of carbonyl (C=O) groups excluding carboxylic acids is 1. The number of nitrogens with zero attached hydrogens (tertiary/aromatic N) is 3. The molecule has 0 N–H and O–H groups in total. The van der Waals surface area contributed by atoms with Crippen molar-refractivity contribution in [1.82, 2.24) is 14.5 Å². The average molecular weight is 538 g/mol. The molecule has 0 atom stereocenters. The summed E-state index contributed by atoms with van der Waals surface area (Å²) in [6.45, 7) is 9.35. The van der Waals surface area contributed by atoms with Gasteiger partial charge in [-0.2, -0.15) is 0 Å². The number of ether oxygens (including phenoxy) is 2. The standard InChI is InChI=1S/C27H31N3O5SSi/c1-5-36(32,33)23-11-9-21(10-12-23)35-22-16-20(18-31)26-25(17-22)29-27(24-8-6-7-13-28-24)30(26)19-34-14-15-37(2,3)4/h6-13,16-18H,5,14-15,19H2,1-4H3. The number of hydrogen-bond donors (Lipinski definition) is 0. The lowest BCUT2D eigenvalue weighted by Crippen LogP contribution is -2.22. The Hall–Kier alpha value is -3.34. The Labute approximate surface area is 218 Å². The molecule has 0 saturated carbocycles. The Kier molecular flexibility index (Phi) is 7.91. The van der Waals surface area contributed by atoms with Crippen molar-refractivity contribution < 1.29 is 22.7 Å². The molecule has 0 bridgehead atoms. The quantitative estimate of drug-likeness (QED) is 0.135. The highest BCUT2D eigenvalue weighted by molar-refractivity contribution is 7.91. The average Bonchev–Trinajstić information content (AvgIpc) is 3.25. The van der Waals surface area contributed by atoms with Crippen molar-refractivity contribution in [1.29, 1.82) is 0 Å². The predicted molar refractivity (Wildman–Crippen MR) is 147 cm³/mol. The third-order valence-electron chi connectivity index (χ3n) is 5.88. The van der Waals surface area contributed by atoms with Crippen molar-refractivity contribution in [2.24, 2.45) is 0 Å². The molecule has 2 aromatic heterocycles. The molecule has 0 aliphatic heterocycles. The fraction of sp³-hybridized carbons (Fsp3) is 0.296. The molecule has 10 heteroatoms. The second kappa shape index (κ2) is 11.0. The molecule has 0 fully saturated rings. The highest BCUT2D eigenvalue weighted by Gasteiger charge is 2.19. The summed E-state index contributed by atoms with van der Waals surface area (Å²) in [6.07, 6.45) is 2.47. The van der Waals surface area contributed by atoms with E-state index < -0.39 is 17.9 Å². The highest BCUT2D eigenvalue weighted by Crippen LogP contribution is 2.32. The van der Waals surface area contributed by atoms with Crippen LogP contribution in [0.5, 0.6) is 11.5 Å². The van der Waals surface area contributed by atoms with Gasteiger partial charge in [-0.3, -0.25) is 14.3 Å². The van der Waals surface area contributed by atoms with Gasteiger partial charge in [0.2, 0.25) is 0 Å². The molecule has 0 spiro atoms. The first-order valence-corrected chi connectivity index (χ1v) is 17.5. The second-order valence-electron chi connectivity index (χ2n) is 9.90. The van der Waals surface area contributed by atoms with Gasteiger partial charge < -0.3 is 9.47 Å². The summed E-state index contributed by atoms with van der Waals surface area (Å²) in [5, 5.41) is 0. The number of aldehydes is 1. The normalized spacial score (nSPS) is 12.1. The molecule has 194 valence electrons. The van der Waals surface area contributed by atoms with Crippen LogP contribution in [0.15, 0.2) is 65.7 Å². The molecule has 37 heavy (non-hydrogen) atoms. The van der Waals surface area contributed by atoms with Crippen LogP contribution in [0.4, 0.5) is 0 Å². The molecule has 4 aromatic rings. The fourth-order valence-electron chi connectivity index (χ4n) is 3.79. The predicted octanol–water partition coefficient (Wildman–Crippen LogP) is 5.81. The largest absolute Gasteiger partial charge is 0.457 e. The maximum Gasteiger partial charge on any atom is 0.178 e. The second-order valence-corrected chi connectivity index (χ2v) is 17.8. The van der Waals surface area contributed by atoms with E-state index in [0.29, 0.717) is 46.2 Å². The van der Waals surface area contributed by atoms with Crippen LogP contribution < -0.4 is 4.74 Å². The van der Waals surface area contributed by atoms with E-state index in [4.69, 9.17) is 14.5 Å². The summed E-state index contributed by atoms with van der Waals surface area (Å²) in [5.74, 6) is 1.48. The van der Waals surface area contributed by atoms with Crippen molar-refractivity contribution >= 4 is 35.2 Å². The topological polar surface area (TPSA) is 100 Å². The van der Waals surface area contributed by atoms with Crippen molar-refractivity contribution in [2.75, 3.05) is 12.4 Å². The van der Waals surface area contributed by atoms with E-state index in [0.717, 1.165) is 12.3 Å². The van der Waals surface area contributed by atoms with Crippen LogP contribution >= 0.6 is 0 Å². The SMILES string of the molecule is CCS(=O)(=O)c1ccc(Oc2cc(C=O)c3c(c2)nc(-c2ccccn2)n3COCC[Si](C)(C)C)cc1. The maximum absolute atomic E-state index is 12.2. The Morgan fingerprint density at radius 2 is 1.78 bits per heavy atom. The first-order chi connectivity index (χ1) is 17.6. The molecular weight excluding hydrogens is 506 g/mol. The highest BCUT2D eigenvalue weighted by atomic mass is 32.2. The minimum Gasteiger partial charge on any atom is -0.457 e. The lowest BCUT2D eigenvalue weighted by Gasteiger charge is -2.16. The van der Waals surface area contributed by atoms with Gasteiger partial charge in [-0.1, -0.05) is 32.6 Å². The summed E-state index contributed by atoms with van der Waals surface area (Å²) in [7, 11) is -4.56. The monoisotopic (exact) mass is 537 g/mol. The molecule has 0 aliphatic rings. The number of hydrogen-bond acceptors (Lipinski definition) is 7. The van der Waals surface area contributed by atoms with Crippen molar-refractivity contribution in [3.63, 3.8) is 0 Å². The van der Waals surface area contributed by atoms with Crippen molar-refractivity contribution in [2.45, 2.75) is 44.2 Å². The molecule has 0 aliphatic carbocycles. The lowest BCUT2D eigenvalue weighted by atomic mass is 10.2. The van der Waals surface area contributed by atoms with Gasteiger partial charge in [-0.05, 0) is 48.5 Å². The maximum atomic E-state index is 12.2. The Balaban J connectivity index is 1.70. The van der Waals surface area contributed by atoms with E-state index in [1.807, 2.05) is 22.8 Å². The Bertz CT molecular complexity index is 1500. The molecule has 0 amide bonds. The minimum absolute atomic E-state index is 0.0235. The van der Waals surface area contributed by atoms with E-state index in [-0.39, 0.29) is 17.4 Å². The summed E-state index contributed by atoms with van der Waals surface area (Å²) in [4.78, 5) is 21.6. The van der Waals surface area contributed by atoms with Gasteiger partial charge in [0.25, 0.3) is 0 Å². The van der Waals surface area contributed by atoms with Gasteiger partial charge in [-0.15, -0.1) is 0 Å². The number of rotatable bonds is 11. The zero-order valence-corrected chi connectivity index (χ0v) is 23.3. The number of pyridine rings is 1. The fourth-order valence-corrected chi connectivity index (χ4v) is 5.43.